The lowest BCUT2D eigenvalue weighted by Gasteiger charge is -2.34. The molecule has 0 aliphatic carbocycles. The number of furan rings is 1. The number of carbonyl (C=O) groups excluding carboxylic acids is 2. The van der Waals surface area contributed by atoms with Gasteiger partial charge >= 0.3 is 0 Å². The molecule has 1 aliphatic heterocycles. The van der Waals surface area contributed by atoms with Gasteiger partial charge in [0.05, 0.1) is 6.26 Å². The SMILES string of the molecule is O=C(Cn1cccc1-c1nnc(-c2ccccc2)o1)N1CCN(C(=O)c2ccco2)CC1. The number of nitrogens with zero attached hydrogens (tertiary/aromatic N) is 5. The molecule has 0 saturated carbocycles. The van der Waals surface area contributed by atoms with E-state index in [4.69, 9.17) is 8.83 Å². The first-order valence-electron chi connectivity index (χ1n) is 10.3. The highest BCUT2D eigenvalue weighted by Gasteiger charge is 2.26. The quantitative estimate of drug-likeness (QED) is 0.482. The average Bonchev–Trinajstić information content (AvgIpc) is 3.61. The molecule has 9 heteroatoms. The van der Waals surface area contributed by atoms with Crippen molar-refractivity contribution >= 4 is 11.8 Å². The molecule has 5 rings (SSSR count). The van der Waals surface area contributed by atoms with E-state index in [0.717, 1.165) is 5.56 Å². The highest BCUT2D eigenvalue weighted by Crippen LogP contribution is 2.24. The molecule has 4 aromatic rings. The van der Waals surface area contributed by atoms with Gasteiger partial charge in [0.1, 0.15) is 12.2 Å². The molecule has 1 saturated heterocycles. The number of hydrogen-bond acceptors (Lipinski definition) is 6. The van der Waals surface area contributed by atoms with Crippen molar-refractivity contribution in [3.63, 3.8) is 0 Å². The van der Waals surface area contributed by atoms with Crippen LogP contribution in [0.15, 0.2) is 75.9 Å². The molecule has 3 aromatic heterocycles. The Morgan fingerprint density at radius 2 is 1.59 bits per heavy atom. The third kappa shape index (κ3) is 3.92. The summed E-state index contributed by atoms with van der Waals surface area (Å²) in [5.41, 5.74) is 1.52. The molecule has 1 fully saturated rings. The Bertz CT molecular complexity index is 1200. The lowest BCUT2D eigenvalue weighted by Crippen LogP contribution is -2.51. The summed E-state index contributed by atoms with van der Waals surface area (Å²) in [5.74, 6) is 0.916. The van der Waals surface area contributed by atoms with Crippen molar-refractivity contribution in [3.8, 4) is 23.0 Å². The van der Waals surface area contributed by atoms with E-state index in [1.54, 1.807) is 26.5 Å². The first kappa shape index (κ1) is 19.8. The van der Waals surface area contributed by atoms with Crippen molar-refractivity contribution in [3.05, 3.63) is 72.8 Å². The minimum atomic E-state index is -0.152. The number of benzene rings is 1. The Morgan fingerprint density at radius 3 is 2.34 bits per heavy atom. The molecule has 0 radical (unpaired) electrons. The van der Waals surface area contributed by atoms with Crippen LogP contribution < -0.4 is 0 Å². The van der Waals surface area contributed by atoms with Crippen molar-refractivity contribution in [1.82, 2.24) is 24.6 Å². The molecule has 0 N–H and O–H groups in total. The Morgan fingerprint density at radius 1 is 0.844 bits per heavy atom. The van der Waals surface area contributed by atoms with E-state index >= 15 is 0 Å². The van der Waals surface area contributed by atoms with Gasteiger partial charge in [-0.15, -0.1) is 10.2 Å². The molecule has 4 heterocycles. The fraction of sp³-hybridized carbons (Fsp3) is 0.217. The van der Waals surface area contributed by atoms with E-state index in [2.05, 4.69) is 10.2 Å². The highest BCUT2D eigenvalue weighted by atomic mass is 16.4. The third-order valence-electron chi connectivity index (χ3n) is 5.45. The van der Waals surface area contributed by atoms with E-state index in [-0.39, 0.29) is 18.4 Å². The van der Waals surface area contributed by atoms with Crippen LogP contribution in [0.3, 0.4) is 0 Å². The Balaban J connectivity index is 1.23. The molecule has 0 bridgehead atoms. The molecule has 0 atom stereocenters. The largest absolute Gasteiger partial charge is 0.459 e. The maximum absolute atomic E-state index is 12.9. The molecule has 1 aliphatic rings. The van der Waals surface area contributed by atoms with E-state index in [0.29, 0.717) is 49.4 Å². The summed E-state index contributed by atoms with van der Waals surface area (Å²) < 4.78 is 12.8. The molecule has 9 nitrogen and oxygen atoms in total. The molecule has 32 heavy (non-hydrogen) atoms. The second-order valence-electron chi connectivity index (χ2n) is 7.45. The minimum Gasteiger partial charge on any atom is -0.459 e. The number of hydrogen-bond donors (Lipinski definition) is 0. The fourth-order valence-corrected chi connectivity index (χ4v) is 3.73. The second kappa shape index (κ2) is 8.54. The molecule has 0 unspecified atom stereocenters. The summed E-state index contributed by atoms with van der Waals surface area (Å²) in [4.78, 5) is 28.8. The number of carbonyl (C=O) groups is 2. The van der Waals surface area contributed by atoms with Gasteiger partial charge in [-0.05, 0) is 36.4 Å². The molecular formula is C23H21N5O4. The van der Waals surface area contributed by atoms with Gasteiger partial charge in [0.15, 0.2) is 5.76 Å². The maximum Gasteiger partial charge on any atom is 0.289 e. The van der Waals surface area contributed by atoms with Gasteiger partial charge in [-0.3, -0.25) is 9.59 Å². The predicted molar refractivity (Wildman–Crippen MR) is 114 cm³/mol. The van der Waals surface area contributed by atoms with Crippen LogP contribution in [0.25, 0.3) is 23.0 Å². The zero-order chi connectivity index (χ0) is 21.9. The van der Waals surface area contributed by atoms with Gasteiger partial charge in [0.25, 0.3) is 11.8 Å². The van der Waals surface area contributed by atoms with Gasteiger partial charge < -0.3 is 23.2 Å². The van der Waals surface area contributed by atoms with Crippen molar-refractivity contribution in [2.45, 2.75) is 6.54 Å². The standard InChI is InChI=1S/C23H21N5O4/c29-20(26-11-13-27(14-12-26)23(30)19-9-5-15-31-19)16-28-10-4-8-18(28)22-25-24-21(32-22)17-6-2-1-3-7-17/h1-10,15H,11-14,16H2. The zero-order valence-electron chi connectivity index (χ0n) is 17.3. The van der Waals surface area contributed by atoms with Gasteiger partial charge in [0, 0.05) is 37.9 Å². The van der Waals surface area contributed by atoms with Crippen molar-refractivity contribution < 1.29 is 18.4 Å². The fourth-order valence-electron chi connectivity index (χ4n) is 3.73. The molecular weight excluding hydrogens is 410 g/mol. The Labute approximate surface area is 183 Å². The second-order valence-corrected chi connectivity index (χ2v) is 7.45. The van der Waals surface area contributed by atoms with Crippen LogP contribution >= 0.6 is 0 Å². The van der Waals surface area contributed by atoms with E-state index in [1.165, 1.54) is 6.26 Å². The summed E-state index contributed by atoms with van der Waals surface area (Å²) in [7, 11) is 0. The van der Waals surface area contributed by atoms with Crippen molar-refractivity contribution in [2.24, 2.45) is 0 Å². The van der Waals surface area contributed by atoms with Crippen LogP contribution in [0.2, 0.25) is 0 Å². The maximum atomic E-state index is 12.9. The van der Waals surface area contributed by atoms with Crippen LogP contribution in [-0.2, 0) is 11.3 Å². The predicted octanol–water partition coefficient (Wildman–Crippen LogP) is 2.78. The molecule has 162 valence electrons. The Kier molecular flexibility index (Phi) is 5.29. The Hall–Kier alpha value is -4.14. The molecule has 0 spiro atoms. The van der Waals surface area contributed by atoms with Gasteiger partial charge in [-0.25, -0.2) is 0 Å². The normalized spacial score (nSPS) is 14.0. The molecule has 1 aromatic carbocycles. The van der Waals surface area contributed by atoms with Gasteiger partial charge in [-0.1, -0.05) is 18.2 Å². The summed E-state index contributed by atoms with van der Waals surface area (Å²) in [6.07, 6.45) is 3.30. The van der Waals surface area contributed by atoms with Gasteiger partial charge in [0.2, 0.25) is 11.8 Å². The first-order chi connectivity index (χ1) is 15.7. The number of rotatable bonds is 5. The summed E-state index contributed by atoms with van der Waals surface area (Å²) in [5, 5.41) is 8.28. The lowest BCUT2D eigenvalue weighted by atomic mass is 10.2. The van der Waals surface area contributed by atoms with E-state index < -0.39 is 0 Å². The summed E-state index contributed by atoms with van der Waals surface area (Å²) in [6.45, 7) is 2.03. The summed E-state index contributed by atoms with van der Waals surface area (Å²) in [6, 6.07) is 16.5. The van der Waals surface area contributed by atoms with Crippen LogP contribution in [0.1, 0.15) is 10.6 Å². The number of amides is 2. The average molecular weight is 431 g/mol. The molecule has 2 amide bonds. The topological polar surface area (TPSA) is 97.6 Å². The van der Waals surface area contributed by atoms with Crippen LogP contribution in [-0.4, -0.2) is 62.6 Å². The monoisotopic (exact) mass is 431 g/mol. The van der Waals surface area contributed by atoms with E-state index in [9.17, 15) is 9.59 Å². The first-order valence-corrected chi connectivity index (χ1v) is 10.3. The smallest absolute Gasteiger partial charge is 0.289 e. The number of piperazine rings is 1. The highest BCUT2D eigenvalue weighted by molar-refractivity contribution is 5.91. The van der Waals surface area contributed by atoms with Crippen LogP contribution in [0.5, 0.6) is 0 Å². The lowest BCUT2D eigenvalue weighted by molar-refractivity contribution is -0.133. The zero-order valence-corrected chi connectivity index (χ0v) is 17.3. The van der Waals surface area contributed by atoms with Crippen LogP contribution in [0.4, 0.5) is 0 Å². The number of aromatic nitrogens is 3. The summed E-state index contributed by atoms with van der Waals surface area (Å²) >= 11 is 0. The van der Waals surface area contributed by atoms with Crippen molar-refractivity contribution in [2.75, 3.05) is 26.2 Å². The van der Waals surface area contributed by atoms with Gasteiger partial charge in [-0.2, -0.15) is 0 Å². The van der Waals surface area contributed by atoms with Crippen LogP contribution in [0, 0.1) is 0 Å². The van der Waals surface area contributed by atoms with Crippen molar-refractivity contribution in [1.29, 1.82) is 0 Å². The third-order valence-corrected chi connectivity index (χ3v) is 5.45. The minimum absolute atomic E-state index is 0.0321. The van der Waals surface area contributed by atoms with E-state index in [1.807, 2.05) is 48.7 Å².